The lowest BCUT2D eigenvalue weighted by Crippen LogP contribution is -2.20. The Morgan fingerprint density at radius 1 is 1.41 bits per heavy atom. The lowest BCUT2D eigenvalue weighted by atomic mass is 9.89. The van der Waals surface area contributed by atoms with E-state index in [1.807, 2.05) is 12.3 Å². The van der Waals surface area contributed by atoms with E-state index in [-0.39, 0.29) is 5.41 Å². The molecule has 0 unspecified atom stereocenters. The fourth-order valence-corrected chi connectivity index (χ4v) is 2.39. The van der Waals surface area contributed by atoms with Gasteiger partial charge in [-0.15, -0.1) is 11.8 Å². The summed E-state index contributed by atoms with van der Waals surface area (Å²) in [6.07, 6.45) is 3.64. The average molecular weight is 246 g/mol. The fraction of sp³-hybridized carbons (Fsp3) is 0.417. The Hall–Kier alpha value is -1.54. The predicted molar refractivity (Wildman–Crippen MR) is 68.2 cm³/mol. The second-order valence-electron chi connectivity index (χ2n) is 4.81. The van der Waals surface area contributed by atoms with E-state index in [4.69, 9.17) is 0 Å². The number of rotatable bonds is 1. The normalized spacial score (nSPS) is 11.7. The Morgan fingerprint density at radius 2 is 2.12 bits per heavy atom. The van der Waals surface area contributed by atoms with Crippen LogP contribution in [0, 0.1) is 11.3 Å². The van der Waals surface area contributed by atoms with Gasteiger partial charge in [-0.1, -0.05) is 20.8 Å². The van der Waals surface area contributed by atoms with Gasteiger partial charge in [-0.05, 0) is 6.26 Å². The Morgan fingerprint density at radius 3 is 2.65 bits per heavy atom. The molecule has 0 spiro atoms. The van der Waals surface area contributed by atoms with E-state index in [9.17, 15) is 5.26 Å². The third-order valence-corrected chi connectivity index (χ3v) is 3.20. The summed E-state index contributed by atoms with van der Waals surface area (Å²) in [5.41, 5.74) is 2.18. The molecule has 2 rings (SSSR count). The molecule has 4 nitrogen and oxygen atoms in total. The van der Waals surface area contributed by atoms with Crippen molar-refractivity contribution in [1.29, 1.82) is 5.26 Å². The Kier molecular flexibility index (Phi) is 2.84. The van der Waals surface area contributed by atoms with Gasteiger partial charge in [0.05, 0.1) is 11.9 Å². The first-order valence-corrected chi connectivity index (χ1v) is 6.54. The van der Waals surface area contributed by atoms with Gasteiger partial charge in [0.1, 0.15) is 16.7 Å². The number of hydrogen-bond donors (Lipinski definition) is 0. The molecule has 17 heavy (non-hydrogen) atoms. The standard InChI is InChI=1S/C12H14N4S/c1-12(2,3)10-8(7-13)11(17-4)15-9-5-6-14-16(9)10/h5-6H,1-4H3. The largest absolute Gasteiger partial charge is 0.221 e. The van der Waals surface area contributed by atoms with Gasteiger partial charge < -0.3 is 0 Å². The Labute approximate surface area is 105 Å². The van der Waals surface area contributed by atoms with Crippen LogP contribution in [0.2, 0.25) is 0 Å². The molecule has 0 saturated heterocycles. The summed E-state index contributed by atoms with van der Waals surface area (Å²) in [7, 11) is 0. The van der Waals surface area contributed by atoms with E-state index in [0.29, 0.717) is 5.56 Å². The first-order valence-electron chi connectivity index (χ1n) is 5.31. The van der Waals surface area contributed by atoms with Crippen molar-refractivity contribution in [3.05, 3.63) is 23.5 Å². The number of nitrogens with zero attached hydrogens (tertiary/aromatic N) is 4. The van der Waals surface area contributed by atoms with Crippen molar-refractivity contribution in [3.8, 4) is 6.07 Å². The number of hydrogen-bond acceptors (Lipinski definition) is 4. The second-order valence-corrected chi connectivity index (χ2v) is 5.60. The molecule has 0 aliphatic rings. The van der Waals surface area contributed by atoms with Crippen molar-refractivity contribution < 1.29 is 0 Å². The van der Waals surface area contributed by atoms with Crippen LogP contribution in [0.5, 0.6) is 0 Å². The van der Waals surface area contributed by atoms with Crippen LogP contribution in [0.1, 0.15) is 32.0 Å². The van der Waals surface area contributed by atoms with E-state index in [0.717, 1.165) is 16.4 Å². The van der Waals surface area contributed by atoms with E-state index < -0.39 is 0 Å². The smallest absolute Gasteiger partial charge is 0.156 e. The highest BCUT2D eigenvalue weighted by molar-refractivity contribution is 7.98. The van der Waals surface area contributed by atoms with Crippen LogP contribution in [-0.2, 0) is 5.41 Å². The zero-order valence-electron chi connectivity index (χ0n) is 10.4. The van der Waals surface area contributed by atoms with Crippen LogP contribution in [0.3, 0.4) is 0 Å². The van der Waals surface area contributed by atoms with Crippen molar-refractivity contribution in [2.24, 2.45) is 0 Å². The summed E-state index contributed by atoms with van der Waals surface area (Å²) in [5, 5.41) is 14.4. The SMILES string of the molecule is CSc1nc2ccnn2c(C(C)(C)C)c1C#N. The molecule has 5 heteroatoms. The lowest BCUT2D eigenvalue weighted by molar-refractivity contribution is 0.540. The third-order valence-electron chi connectivity index (χ3n) is 2.52. The van der Waals surface area contributed by atoms with Crippen LogP contribution in [-0.4, -0.2) is 20.9 Å². The summed E-state index contributed by atoms with van der Waals surface area (Å²) in [5.74, 6) is 0. The highest BCUT2D eigenvalue weighted by Crippen LogP contribution is 2.30. The summed E-state index contributed by atoms with van der Waals surface area (Å²) in [4.78, 5) is 4.44. The van der Waals surface area contributed by atoms with Gasteiger partial charge in [-0.2, -0.15) is 10.4 Å². The third kappa shape index (κ3) is 1.89. The van der Waals surface area contributed by atoms with Crippen molar-refractivity contribution in [2.75, 3.05) is 6.26 Å². The minimum atomic E-state index is -0.150. The number of aromatic nitrogens is 3. The highest BCUT2D eigenvalue weighted by Gasteiger charge is 2.25. The van der Waals surface area contributed by atoms with Crippen molar-refractivity contribution in [2.45, 2.75) is 31.2 Å². The molecule has 0 fully saturated rings. The Bertz CT molecular complexity index is 601. The number of fused-ring (bicyclic) bond motifs is 1. The minimum absolute atomic E-state index is 0.150. The molecule has 0 radical (unpaired) electrons. The molecule has 2 aromatic heterocycles. The highest BCUT2D eigenvalue weighted by atomic mass is 32.2. The molecule has 2 heterocycles. The van der Waals surface area contributed by atoms with Crippen LogP contribution < -0.4 is 0 Å². The molecule has 0 N–H and O–H groups in total. The van der Waals surface area contributed by atoms with Gasteiger partial charge in [-0.3, -0.25) is 0 Å². The molecular weight excluding hydrogens is 232 g/mol. The van der Waals surface area contributed by atoms with Crippen LogP contribution in [0.25, 0.3) is 5.65 Å². The molecule has 0 atom stereocenters. The minimum Gasteiger partial charge on any atom is -0.221 e. The number of nitriles is 1. The molecule has 88 valence electrons. The molecule has 0 amide bonds. The zero-order chi connectivity index (χ0) is 12.6. The fourth-order valence-electron chi connectivity index (χ4n) is 1.86. The van der Waals surface area contributed by atoms with Gasteiger partial charge in [0.15, 0.2) is 5.65 Å². The Balaban J connectivity index is 2.94. The van der Waals surface area contributed by atoms with Gasteiger partial charge in [0.25, 0.3) is 0 Å². The summed E-state index contributed by atoms with van der Waals surface area (Å²) < 4.78 is 1.76. The van der Waals surface area contributed by atoms with Crippen LogP contribution in [0.15, 0.2) is 17.3 Å². The maximum absolute atomic E-state index is 9.35. The van der Waals surface area contributed by atoms with Crippen molar-refractivity contribution >= 4 is 17.4 Å². The quantitative estimate of drug-likeness (QED) is 0.573. The summed E-state index contributed by atoms with van der Waals surface area (Å²) in [6, 6.07) is 4.12. The topological polar surface area (TPSA) is 54.0 Å². The van der Waals surface area contributed by atoms with E-state index in [1.54, 1.807) is 10.7 Å². The predicted octanol–water partition coefficient (Wildman–Crippen LogP) is 2.62. The maximum Gasteiger partial charge on any atom is 0.156 e. The maximum atomic E-state index is 9.35. The first kappa shape index (κ1) is 11.9. The van der Waals surface area contributed by atoms with Crippen LogP contribution in [0.4, 0.5) is 0 Å². The molecule has 2 aromatic rings. The molecule has 0 saturated carbocycles. The lowest BCUT2D eigenvalue weighted by Gasteiger charge is -2.22. The average Bonchev–Trinajstić information content (AvgIpc) is 2.71. The molecule has 0 aliphatic heterocycles. The summed E-state index contributed by atoms with van der Waals surface area (Å²) in [6.45, 7) is 6.23. The van der Waals surface area contributed by atoms with Gasteiger partial charge in [0, 0.05) is 11.5 Å². The van der Waals surface area contributed by atoms with Crippen molar-refractivity contribution in [3.63, 3.8) is 0 Å². The van der Waals surface area contributed by atoms with Crippen molar-refractivity contribution in [1.82, 2.24) is 14.6 Å². The van der Waals surface area contributed by atoms with Gasteiger partial charge in [0.2, 0.25) is 0 Å². The second kappa shape index (κ2) is 4.04. The van der Waals surface area contributed by atoms with Gasteiger partial charge in [-0.25, -0.2) is 9.50 Å². The molecule has 0 aliphatic carbocycles. The molecular formula is C12H14N4S. The van der Waals surface area contributed by atoms with E-state index >= 15 is 0 Å². The first-order chi connectivity index (χ1) is 7.99. The van der Waals surface area contributed by atoms with E-state index in [1.165, 1.54) is 11.8 Å². The molecule has 0 aromatic carbocycles. The number of thioether (sulfide) groups is 1. The zero-order valence-corrected chi connectivity index (χ0v) is 11.2. The summed E-state index contributed by atoms with van der Waals surface area (Å²) >= 11 is 1.49. The monoisotopic (exact) mass is 246 g/mol. The molecule has 0 bridgehead atoms. The van der Waals surface area contributed by atoms with Crippen LogP contribution >= 0.6 is 11.8 Å². The van der Waals surface area contributed by atoms with Gasteiger partial charge >= 0.3 is 0 Å². The van der Waals surface area contributed by atoms with E-state index in [2.05, 4.69) is 36.9 Å².